The SMILES string of the molecule is FC(F)c1nc(CC2CNCCO2)no1. The van der Waals surface area contributed by atoms with Crippen LogP contribution >= 0.6 is 0 Å². The Balaban J connectivity index is 1.91. The molecular formula is C8H11F2N3O2. The molecule has 0 saturated carbocycles. The summed E-state index contributed by atoms with van der Waals surface area (Å²) in [4.78, 5) is 3.57. The Kier molecular flexibility index (Phi) is 3.22. The Morgan fingerprint density at radius 2 is 2.40 bits per heavy atom. The Morgan fingerprint density at radius 3 is 3.00 bits per heavy atom. The topological polar surface area (TPSA) is 60.2 Å². The van der Waals surface area contributed by atoms with E-state index in [9.17, 15) is 8.78 Å². The Labute approximate surface area is 84.8 Å². The normalized spacial score (nSPS) is 22.2. The van der Waals surface area contributed by atoms with E-state index in [1.165, 1.54) is 0 Å². The fourth-order valence-corrected chi connectivity index (χ4v) is 1.39. The minimum Gasteiger partial charge on any atom is -0.375 e. The van der Waals surface area contributed by atoms with Crippen molar-refractivity contribution in [3.63, 3.8) is 0 Å². The van der Waals surface area contributed by atoms with E-state index in [2.05, 4.69) is 20.0 Å². The van der Waals surface area contributed by atoms with Crippen LogP contribution in [0.2, 0.25) is 0 Å². The van der Waals surface area contributed by atoms with Gasteiger partial charge in [-0.25, -0.2) is 0 Å². The number of nitrogens with one attached hydrogen (secondary N) is 1. The number of alkyl halides is 2. The van der Waals surface area contributed by atoms with Crippen LogP contribution in [0, 0.1) is 0 Å². The minimum absolute atomic E-state index is 0.0677. The lowest BCUT2D eigenvalue weighted by atomic mass is 10.2. The second-order valence-electron chi connectivity index (χ2n) is 3.25. The van der Waals surface area contributed by atoms with Crippen molar-refractivity contribution in [3.8, 4) is 0 Å². The fraction of sp³-hybridized carbons (Fsp3) is 0.750. The van der Waals surface area contributed by atoms with Gasteiger partial charge in [0.25, 0.3) is 5.89 Å². The van der Waals surface area contributed by atoms with Crippen molar-refractivity contribution in [3.05, 3.63) is 11.7 Å². The Hall–Kier alpha value is -1.08. The van der Waals surface area contributed by atoms with Crippen LogP contribution in [0.25, 0.3) is 0 Å². The molecule has 0 spiro atoms. The third-order valence-electron chi connectivity index (χ3n) is 2.09. The number of hydrogen-bond acceptors (Lipinski definition) is 5. The summed E-state index contributed by atoms with van der Waals surface area (Å²) in [6, 6.07) is 0. The third kappa shape index (κ3) is 2.69. The summed E-state index contributed by atoms with van der Waals surface area (Å²) in [6.45, 7) is 2.10. The average Bonchev–Trinajstić information content (AvgIpc) is 2.68. The van der Waals surface area contributed by atoms with Crippen LogP contribution in [0.5, 0.6) is 0 Å². The molecule has 5 nitrogen and oxygen atoms in total. The largest absolute Gasteiger partial charge is 0.375 e. The van der Waals surface area contributed by atoms with Gasteiger partial charge in [-0.1, -0.05) is 5.16 Å². The van der Waals surface area contributed by atoms with Crippen LogP contribution in [0.4, 0.5) is 8.78 Å². The van der Waals surface area contributed by atoms with Crippen molar-refractivity contribution in [1.29, 1.82) is 0 Å². The van der Waals surface area contributed by atoms with Crippen LogP contribution in [-0.2, 0) is 11.2 Å². The predicted octanol–water partition coefficient (Wildman–Crippen LogP) is 0.538. The van der Waals surface area contributed by atoms with Gasteiger partial charge in [-0.05, 0) is 0 Å². The molecule has 2 rings (SSSR count). The molecule has 1 N–H and O–H groups in total. The lowest BCUT2D eigenvalue weighted by Crippen LogP contribution is -2.39. The van der Waals surface area contributed by atoms with Gasteiger partial charge < -0.3 is 14.6 Å². The summed E-state index contributed by atoms with van der Waals surface area (Å²) in [5, 5.41) is 6.58. The molecule has 7 heteroatoms. The van der Waals surface area contributed by atoms with Crippen LogP contribution < -0.4 is 5.32 Å². The maximum atomic E-state index is 12.1. The van der Waals surface area contributed by atoms with Crippen LogP contribution in [0.15, 0.2) is 4.52 Å². The molecule has 0 amide bonds. The highest BCUT2D eigenvalue weighted by Gasteiger charge is 2.20. The van der Waals surface area contributed by atoms with Gasteiger partial charge in [0.15, 0.2) is 5.82 Å². The number of halogens is 2. The van der Waals surface area contributed by atoms with Crippen molar-refractivity contribution in [2.45, 2.75) is 19.0 Å². The van der Waals surface area contributed by atoms with Gasteiger partial charge in [-0.15, -0.1) is 0 Å². The monoisotopic (exact) mass is 219 g/mol. The second-order valence-corrected chi connectivity index (χ2v) is 3.25. The molecule has 0 aromatic carbocycles. The summed E-state index contributed by atoms with van der Waals surface area (Å²) >= 11 is 0. The first-order chi connectivity index (χ1) is 7.25. The summed E-state index contributed by atoms with van der Waals surface area (Å²) in [5.74, 6) is -0.368. The number of aromatic nitrogens is 2. The lowest BCUT2D eigenvalue weighted by Gasteiger charge is -2.22. The van der Waals surface area contributed by atoms with Gasteiger partial charge in [0.2, 0.25) is 0 Å². The van der Waals surface area contributed by atoms with E-state index in [4.69, 9.17) is 4.74 Å². The maximum absolute atomic E-state index is 12.1. The first-order valence-corrected chi connectivity index (χ1v) is 4.68. The fourth-order valence-electron chi connectivity index (χ4n) is 1.39. The van der Waals surface area contributed by atoms with Gasteiger partial charge in [-0.3, -0.25) is 0 Å². The average molecular weight is 219 g/mol. The van der Waals surface area contributed by atoms with Crippen LogP contribution in [0.3, 0.4) is 0 Å². The predicted molar refractivity (Wildman–Crippen MR) is 45.6 cm³/mol. The Morgan fingerprint density at radius 1 is 1.53 bits per heavy atom. The van der Waals surface area contributed by atoms with Crippen molar-refractivity contribution < 1.29 is 18.0 Å². The smallest absolute Gasteiger partial charge is 0.315 e. The van der Waals surface area contributed by atoms with E-state index in [1.807, 2.05) is 0 Å². The van der Waals surface area contributed by atoms with Gasteiger partial charge >= 0.3 is 6.43 Å². The zero-order valence-electron chi connectivity index (χ0n) is 7.95. The molecule has 0 radical (unpaired) electrons. The standard InChI is InChI=1S/C8H11F2N3O2/c9-7(10)8-12-6(13-15-8)3-5-4-11-1-2-14-5/h5,7,11H,1-4H2. The molecule has 2 heterocycles. The van der Waals surface area contributed by atoms with Gasteiger partial charge in [-0.2, -0.15) is 13.8 Å². The summed E-state index contributed by atoms with van der Waals surface area (Å²) in [7, 11) is 0. The van der Waals surface area contributed by atoms with Gasteiger partial charge in [0, 0.05) is 19.5 Å². The van der Waals surface area contributed by atoms with E-state index in [0.717, 1.165) is 6.54 Å². The van der Waals surface area contributed by atoms with Crippen molar-refractivity contribution in [2.24, 2.45) is 0 Å². The highest BCUT2D eigenvalue weighted by molar-refractivity contribution is 4.90. The second kappa shape index (κ2) is 4.63. The molecular weight excluding hydrogens is 208 g/mol. The summed E-state index contributed by atoms with van der Waals surface area (Å²) < 4.78 is 34.0. The summed E-state index contributed by atoms with van der Waals surface area (Å²) in [6.07, 6.45) is -2.39. The molecule has 1 aromatic rings. The zero-order chi connectivity index (χ0) is 10.7. The molecule has 1 aromatic heterocycles. The van der Waals surface area contributed by atoms with E-state index >= 15 is 0 Å². The van der Waals surface area contributed by atoms with Crippen molar-refractivity contribution >= 4 is 0 Å². The molecule has 1 saturated heterocycles. The van der Waals surface area contributed by atoms with Crippen molar-refractivity contribution in [2.75, 3.05) is 19.7 Å². The molecule has 1 unspecified atom stereocenters. The van der Waals surface area contributed by atoms with Crippen LogP contribution in [-0.4, -0.2) is 35.9 Å². The molecule has 1 fully saturated rings. The number of morpholine rings is 1. The van der Waals surface area contributed by atoms with Gasteiger partial charge in [0.05, 0.1) is 12.7 Å². The van der Waals surface area contributed by atoms with E-state index in [0.29, 0.717) is 19.6 Å². The highest BCUT2D eigenvalue weighted by Crippen LogP contribution is 2.16. The number of ether oxygens (including phenoxy) is 1. The number of hydrogen-bond donors (Lipinski definition) is 1. The minimum atomic E-state index is -2.71. The molecule has 15 heavy (non-hydrogen) atoms. The summed E-state index contributed by atoms with van der Waals surface area (Å²) in [5.41, 5.74) is 0. The van der Waals surface area contributed by atoms with Gasteiger partial charge in [0.1, 0.15) is 0 Å². The quantitative estimate of drug-likeness (QED) is 0.803. The highest BCUT2D eigenvalue weighted by atomic mass is 19.3. The lowest BCUT2D eigenvalue weighted by molar-refractivity contribution is 0.0277. The number of rotatable bonds is 3. The molecule has 0 aliphatic carbocycles. The Bertz CT molecular complexity index is 313. The first kappa shape index (κ1) is 10.4. The van der Waals surface area contributed by atoms with Crippen LogP contribution in [0.1, 0.15) is 18.1 Å². The third-order valence-corrected chi connectivity index (χ3v) is 2.09. The number of nitrogens with zero attached hydrogens (tertiary/aromatic N) is 2. The van der Waals surface area contributed by atoms with Crippen molar-refractivity contribution in [1.82, 2.24) is 15.5 Å². The first-order valence-electron chi connectivity index (χ1n) is 4.68. The molecule has 1 atom stereocenters. The molecule has 0 bridgehead atoms. The maximum Gasteiger partial charge on any atom is 0.315 e. The molecule has 1 aliphatic heterocycles. The zero-order valence-corrected chi connectivity index (χ0v) is 7.95. The molecule has 1 aliphatic rings. The van der Waals surface area contributed by atoms with E-state index < -0.39 is 12.3 Å². The molecule has 84 valence electrons. The van der Waals surface area contributed by atoms with E-state index in [1.54, 1.807) is 0 Å². The van der Waals surface area contributed by atoms with E-state index in [-0.39, 0.29) is 11.9 Å².